The monoisotopic (exact) mass is 321 g/mol. The number of nitrogens with one attached hydrogen (secondary N) is 1. The number of nitrogens with zero attached hydrogens (tertiary/aromatic N) is 4. The van der Waals surface area contributed by atoms with E-state index in [1.54, 1.807) is 0 Å². The van der Waals surface area contributed by atoms with E-state index in [2.05, 4.69) is 27.2 Å². The number of nitro groups is 1. The standard InChI is InChI=1S/C14H19N5O2S/c1-3-5-6-7-15-12-11-8-10(19(20)21)9-16-13(11)18-14(17-12)22-4-2/h8-9H,3-7H2,1-2H3,(H,15,16,17,18). The third kappa shape index (κ3) is 4.03. The minimum atomic E-state index is -0.456. The van der Waals surface area contributed by atoms with Gasteiger partial charge in [-0.25, -0.2) is 15.0 Å². The van der Waals surface area contributed by atoms with Crippen molar-refractivity contribution in [1.29, 1.82) is 0 Å². The highest BCUT2D eigenvalue weighted by atomic mass is 32.2. The molecule has 0 aromatic carbocycles. The summed E-state index contributed by atoms with van der Waals surface area (Å²) in [6.07, 6.45) is 4.53. The Morgan fingerprint density at radius 3 is 2.82 bits per heavy atom. The van der Waals surface area contributed by atoms with Crippen LogP contribution in [-0.4, -0.2) is 32.2 Å². The molecule has 0 bridgehead atoms. The number of hydrogen-bond acceptors (Lipinski definition) is 7. The molecule has 0 fully saturated rings. The lowest BCUT2D eigenvalue weighted by Crippen LogP contribution is -2.06. The van der Waals surface area contributed by atoms with E-state index in [4.69, 9.17) is 0 Å². The average molecular weight is 321 g/mol. The van der Waals surface area contributed by atoms with Gasteiger partial charge >= 0.3 is 0 Å². The Balaban J connectivity index is 2.38. The van der Waals surface area contributed by atoms with Gasteiger partial charge in [0, 0.05) is 12.6 Å². The van der Waals surface area contributed by atoms with Gasteiger partial charge in [-0.05, 0) is 12.2 Å². The molecular formula is C14H19N5O2S. The van der Waals surface area contributed by atoms with Gasteiger partial charge in [0.15, 0.2) is 10.8 Å². The molecule has 0 aliphatic carbocycles. The zero-order chi connectivity index (χ0) is 15.9. The van der Waals surface area contributed by atoms with Crippen LogP contribution in [0.5, 0.6) is 0 Å². The third-order valence-corrected chi connectivity index (χ3v) is 3.80. The number of thioether (sulfide) groups is 1. The Kier molecular flexibility index (Phi) is 5.88. The maximum absolute atomic E-state index is 10.9. The van der Waals surface area contributed by atoms with Crippen LogP contribution < -0.4 is 5.32 Å². The predicted octanol–water partition coefficient (Wildman–Crippen LogP) is 3.65. The van der Waals surface area contributed by atoms with E-state index in [-0.39, 0.29) is 5.69 Å². The molecule has 0 saturated heterocycles. The topological polar surface area (TPSA) is 93.8 Å². The summed E-state index contributed by atoms with van der Waals surface area (Å²) in [5.41, 5.74) is 0.429. The third-order valence-electron chi connectivity index (χ3n) is 3.07. The van der Waals surface area contributed by atoms with Crippen LogP contribution in [0.15, 0.2) is 17.4 Å². The number of aromatic nitrogens is 3. The summed E-state index contributed by atoms with van der Waals surface area (Å²) in [6, 6.07) is 1.48. The molecule has 118 valence electrons. The fourth-order valence-corrected chi connectivity index (χ4v) is 2.56. The van der Waals surface area contributed by atoms with Crippen LogP contribution in [0.25, 0.3) is 11.0 Å². The fourth-order valence-electron chi connectivity index (χ4n) is 1.99. The highest BCUT2D eigenvalue weighted by Crippen LogP contribution is 2.26. The normalized spacial score (nSPS) is 10.8. The van der Waals surface area contributed by atoms with Gasteiger partial charge < -0.3 is 5.32 Å². The lowest BCUT2D eigenvalue weighted by atomic mass is 10.2. The van der Waals surface area contributed by atoms with Crippen molar-refractivity contribution in [2.75, 3.05) is 17.6 Å². The van der Waals surface area contributed by atoms with Crippen molar-refractivity contribution in [3.63, 3.8) is 0 Å². The van der Waals surface area contributed by atoms with Gasteiger partial charge in [-0.2, -0.15) is 0 Å². The van der Waals surface area contributed by atoms with Gasteiger partial charge in [-0.15, -0.1) is 0 Å². The molecule has 0 amide bonds. The summed E-state index contributed by atoms with van der Waals surface area (Å²) < 4.78 is 0. The quantitative estimate of drug-likeness (QED) is 0.261. The van der Waals surface area contributed by atoms with Crippen LogP contribution in [0.3, 0.4) is 0 Å². The van der Waals surface area contributed by atoms with Crippen LogP contribution in [0.2, 0.25) is 0 Å². The first-order valence-corrected chi connectivity index (χ1v) is 8.33. The highest BCUT2D eigenvalue weighted by Gasteiger charge is 2.14. The van der Waals surface area contributed by atoms with Crippen molar-refractivity contribution in [1.82, 2.24) is 15.0 Å². The van der Waals surface area contributed by atoms with Crippen LogP contribution in [0, 0.1) is 10.1 Å². The largest absolute Gasteiger partial charge is 0.369 e. The SMILES string of the molecule is CCCCCNc1nc(SCC)nc2ncc([N+](=O)[O-])cc12. The Morgan fingerprint density at radius 2 is 2.14 bits per heavy atom. The maximum Gasteiger partial charge on any atom is 0.288 e. The van der Waals surface area contributed by atoms with E-state index >= 15 is 0 Å². The van der Waals surface area contributed by atoms with Gasteiger partial charge in [0.2, 0.25) is 0 Å². The van der Waals surface area contributed by atoms with Crippen LogP contribution in [0.4, 0.5) is 11.5 Å². The van der Waals surface area contributed by atoms with Gasteiger partial charge in [-0.1, -0.05) is 38.5 Å². The predicted molar refractivity (Wildman–Crippen MR) is 88.4 cm³/mol. The number of unbranched alkanes of at least 4 members (excludes halogenated alkanes) is 2. The second-order valence-electron chi connectivity index (χ2n) is 4.74. The first-order valence-electron chi connectivity index (χ1n) is 7.34. The molecule has 0 radical (unpaired) electrons. The second-order valence-corrected chi connectivity index (χ2v) is 5.97. The Bertz CT molecular complexity index is 665. The smallest absolute Gasteiger partial charge is 0.288 e. The molecule has 2 rings (SSSR count). The summed E-state index contributed by atoms with van der Waals surface area (Å²) in [5.74, 6) is 1.47. The molecule has 0 saturated carbocycles. The molecule has 0 unspecified atom stereocenters. The van der Waals surface area contributed by atoms with Crippen molar-refractivity contribution in [2.24, 2.45) is 0 Å². The molecule has 2 aromatic heterocycles. The van der Waals surface area contributed by atoms with Gasteiger partial charge in [0.05, 0.1) is 10.3 Å². The first-order chi connectivity index (χ1) is 10.7. The van der Waals surface area contributed by atoms with Crippen LogP contribution >= 0.6 is 11.8 Å². The van der Waals surface area contributed by atoms with Crippen molar-refractivity contribution < 1.29 is 4.92 Å². The molecule has 8 heteroatoms. The molecule has 7 nitrogen and oxygen atoms in total. The van der Waals surface area contributed by atoms with Crippen molar-refractivity contribution in [3.05, 3.63) is 22.4 Å². The first kappa shape index (κ1) is 16.4. The minimum absolute atomic E-state index is 0.0522. The number of rotatable bonds is 8. The van der Waals surface area contributed by atoms with E-state index in [0.29, 0.717) is 22.0 Å². The fraction of sp³-hybridized carbons (Fsp3) is 0.500. The molecular weight excluding hydrogens is 302 g/mol. The van der Waals surface area contributed by atoms with E-state index in [0.717, 1.165) is 31.6 Å². The highest BCUT2D eigenvalue weighted by molar-refractivity contribution is 7.99. The number of hydrogen-bond donors (Lipinski definition) is 1. The van der Waals surface area contributed by atoms with Gasteiger partial charge in [0.25, 0.3) is 5.69 Å². The summed E-state index contributed by atoms with van der Waals surface area (Å²) in [4.78, 5) is 23.4. The van der Waals surface area contributed by atoms with E-state index in [1.807, 2.05) is 6.92 Å². The number of pyridine rings is 1. The second kappa shape index (κ2) is 7.88. The molecule has 0 atom stereocenters. The molecule has 22 heavy (non-hydrogen) atoms. The van der Waals surface area contributed by atoms with Crippen LogP contribution in [-0.2, 0) is 0 Å². The van der Waals surface area contributed by atoms with Gasteiger partial charge in [0.1, 0.15) is 12.0 Å². The van der Waals surface area contributed by atoms with Crippen molar-refractivity contribution in [3.8, 4) is 0 Å². The average Bonchev–Trinajstić information content (AvgIpc) is 2.51. The molecule has 0 aliphatic rings. The Hall–Kier alpha value is -1.96. The summed E-state index contributed by atoms with van der Waals surface area (Å²) >= 11 is 1.52. The van der Waals surface area contributed by atoms with E-state index in [1.165, 1.54) is 24.0 Å². The lowest BCUT2D eigenvalue weighted by Gasteiger charge is -2.09. The minimum Gasteiger partial charge on any atom is -0.369 e. The van der Waals surface area contributed by atoms with Crippen LogP contribution in [0.1, 0.15) is 33.1 Å². The number of anilines is 1. The Morgan fingerprint density at radius 1 is 1.32 bits per heavy atom. The molecule has 2 heterocycles. The Labute approximate surface area is 133 Å². The summed E-state index contributed by atoms with van der Waals surface area (Å²) in [7, 11) is 0. The zero-order valence-corrected chi connectivity index (χ0v) is 13.5. The summed E-state index contributed by atoms with van der Waals surface area (Å²) in [6.45, 7) is 4.94. The van der Waals surface area contributed by atoms with Crippen molar-refractivity contribution in [2.45, 2.75) is 38.3 Å². The maximum atomic E-state index is 10.9. The van der Waals surface area contributed by atoms with E-state index in [9.17, 15) is 10.1 Å². The lowest BCUT2D eigenvalue weighted by molar-refractivity contribution is -0.385. The molecule has 0 spiro atoms. The summed E-state index contributed by atoms with van der Waals surface area (Å²) in [5, 5.41) is 15.4. The van der Waals surface area contributed by atoms with E-state index < -0.39 is 4.92 Å². The zero-order valence-electron chi connectivity index (χ0n) is 12.7. The molecule has 0 aliphatic heterocycles. The van der Waals surface area contributed by atoms with Gasteiger partial charge in [-0.3, -0.25) is 10.1 Å². The molecule has 2 aromatic rings. The van der Waals surface area contributed by atoms with Crippen molar-refractivity contribution >= 4 is 34.3 Å². The number of fused-ring (bicyclic) bond motifs is 1. The molecule has 1 N–H and O–H groups in total.